The van der Waals surface area contributed by atoms with E-state index in [-0.39, 0.29) is 6.61 Å². The standard InChI is InChI=1S/C24H28F3N3O2/c1-17-5-3-6-22(18(17)2)32-16-23-28-20-15-19(24(25,26)27)7-8-21(20)30(23)10-4-9-29-11-13-31-14-12-29/h3,5-8,15H,4,9-14,16H2,1-2H3. The molecule has 1 aliphatic rings. The van der Waals surface area contributed by atoms with Crippen molar-refractivity contribution < 1.29 is 22.6 Å². The number of rotatable bonds is 7. The maximum absolute atomic E-state index is 13.2. The van der Waals surface area contributed by atoms with E-state index in [2.05, 4.69) is 9.88 Å². The first-order valence-electron chi connectivity index (χ1n) is 10.9. The maximum atomic E-state index is 13.2. The minimum absolute atomic E-state index is 0.192. The smallest absolute Gasteiger partial charge is 0.416 e. The number of benzene rings is 2. The van der Waals surface area contributed by atoms with Gasteiger partial charge < -0.3 is 14.0 Å². The summed E-state index contributed by atoms with van der Waals surface area (Å²) in [5, 5.41) is 0. The van der Waals surface area contributed by atoms with Gasteiger partial charge in [-0.3, -0.25) is 4.90 Å². The Hall–Kier alpha value is -2.58. The molecule has 2 aromatic carbocycles. The zero-order valence-corrected chi connectivity index (χ0v) is 18.4. The Bertz CT molecular complexity index is 1070. The predicted molar refractivity (Wildman–Crippen MR) is 117 cm³/mol. The van der Waals surface area contributed by atoms with Crippen LogP contribution in [0.25, 0.3) is 11.0 Å². The lowest BCUT2D eigenvalue weighted by atomic mass is 10.1. The molecule has 1 fully saturated rings. The summed E-state index contributed by atoms with van der Waals surface area (Å²) in [5.74, 6) is 1.38. The predicted octanol–water partition coefficient (Wildman–Crippen LogP) is 4.97. The van der Waals surface area contributed by atoms with E-state index in [9.17, 15) is 13.2 Å². The van der Waals surface area contributed by atoms with E-state index in [1.165, 1.54) is 6.07 Å². The minimum atomic E-state index is -4.40. The molecule has 0 aliphatic carbocycles. The molecule has 0 amide bonds. The Labute approximate surface area is 185 Å². The second kappa shape index (κ2) is 9.50. The molecule has 5 nitrogen and oxygen atoms in total. The van der Waals surface area contributed by atoms with Gasteiger partial charge in [0.2, 0.25) is 0 Å². The molecule has 1 aromatic heterocycles. The zero-order chi connectivity index (χ0) is 22.7. The first-order valence-corrected chi connectivity index (χ1v) is 10.9. The summed E-state index contributed by atoms with van der Waals surface area (Å²) >= 11 is 0. The molecule has 0 radical (unpaired) electrons. The first-order chi connectivity index (χ1) is 15.3. The first kappa shape index (κ1) is 22.6. The SMILES string of the molecule is Cc1cccc(OCc2nc3cc(C(F)(F)F)ccc3n2CCCN2CCOCC2)c1C. The van der Waals surface area contributed by atoms with E-state index >= 15 is 0 Å². The third-order valence-electron chi connectivity index (χ3n) is 6.03. The van der Waals surface area contributed by atoms with Gasteiger partial charge in [-0.25, -0.2) is 4.98 Å². The van der Waals surface area contributed by atoms with Crippen LogP contribution in [-0.4, -0.2) is 47.3 Å². The Morgan fingerprint density at radius 1 is 1.06 bits per heavy atom. The van der Waals surface area contributed by atoms with Crippen LogP contribution in [-0.2, 0) is 24.1 Å². The van der Waals surface area contributed by atoms with Gasteiger partial charge in [0.05, 0.1) is 29.8 Å². The normalized spacial score (nSPS) is 15.4. The van der Waals surface area contributed by atoms with Crippen LogP contribution in [0, 0.1) is 13.8 Å². The van der Waals surface area contributed by atoms with Gasteiger partial charge in [0.15, 0.2) is 0 Å². The van der Waals surface area contributed by atoms with Gasteiger partial charge in [-0.2, -0.15) is 13.2 Å². The monoisotopic (exact) mass is 447 g/mol. The third-order valence-corrected chi connectivity index (χ3v) is 6.03. The van der Waals surface area contributed by atoms with Crippen LogP contribution in [0.5, 0.6) is 5.75 Å². The lowest BCUT2D eigenvalue weighted by Crippen LogP contribution is -2.37. The molecule has 4 rings (SSSR count). The van der Waals surface area contributed by atoms with Gasteiger partial charge in [0.1, 0.15) is 18.2 Å². The molecule has 8 heteroatoms. The van der Waals surface area contributed by atoms with Gasteiger partial charge in [0, 0.05) is 26.2 Å². The van der Waals surface area contributed by atoms with Crippen molar-refractivity contribution >= 4 is 11.0 Å². The van der Waals surface area contributed by atoms with E-state index in [0.29, 0.717) is 23.4 Å². The molecule has 2 heterocycles. The van der Waals surface area contributed by atoms with Gasteiger partial charge in [-0.1, -0.05) is 12.1 Å². The minimum Gasteiger partial charge on any atom is -0.485 e. The number of halogens is 3. The summed E-state index contributed by atoms with van der Waals surface area (Å²) < 4.78 is 53.0. The molecule has 0 N–H and O–H groups in total. The van der Waals surface area contributed by atoms with Crippen molar-refractivity contribution in [1.29, 1.82) is 0 Å². The molecular formula is C24H28F3N3O2. The molecule has 32 heavy (non-hydrogen) atoms. The quantitative estimate of drug-likeness (QED) is 0.513. The fourth-order valence-electron chi connectivity index (χ4n) is 4.02. The lowest BCUT2D eigenvalue weighted by molar-refractivity contribution is -0.137. The molecule has 0 unspecified atom stereocenters. The molecule has 1 aliphatic heterocycles. The van der Waals surface area contributed by atoms with Crippen molar-refractivity contribution in [3.8, 4) is 5.75 Å². The van der Waals surface area contributed by atoms with Crippen molar-refractivity contribution in [3.05, 3.63) is 58.9 Å². The van der Waals surface area contributed by atoms with Crippen LogP contribution in [0.1, 0.15) is 28.9 Å². The van der Waals surface area contributed by atoms with Crippen LogP contribution in [0.15, 0.2) is 36.4 Å². The highest BCUT2D eigenvalue weighted by atomic mass is 19.4. The number of aromatic nitrogens is 2. The Morgan fingerprint density at radius 2 is 1.84 bits per heavy atom. The Morgan fingerprint density at radius 3 is 2.59 bits per heavy atom. The van der Waals surface area contributed by atoms with Crippen LogP contribution in [0.2, 0.25) is 0 Å². The summed E-state index contributed by atoms with van der Waals surface area (Å²) in [7, 11) is 0. The number of morpholine rings is 1. The lowest BCUT2D eigenvalue weighted by Gasteiger charge is -2.26. The highest BCUT2D eigenvalue weighted by molar-refractivity contribution is 5.77. The zero-order valence-electron chi connectivity index (χ0n) is 18.4. The summed E-state index contributed by atoms with van der Waals surface area (Å²) in [6.45, 7) is 9.05. The van der Waals surface area contributed by atoms with E-state index in [1.807, 2.05) is 36.6 Å². The average Bonchev–Trinajstić information content (AvgIpc) is 3.12. The van der Waals surface area contributed by atoms with Crippen LogP contribution < -0.4 is 4.74 Å². The van der Waals surface area contributed by atoms with E-state index < -0.39 is 11.7 Å². The summed E-state index contributed by atoms with van der Waals surface area (Å²) in [5.41, 5.74) is 2.51. The fraction of sp³-hybridized carbons (Fsp3) is 0.458. The van der Waals surface area contributed by atoms with Gasteiger partial charge in [-0.05, 0) is 55.7 Å². The molecule has 1 saturated heterocycles. The van der Waals surface area contributed by atoms with Crippen LogP contribution >= 0.6 is 0 Å². The molecule has 0 bridgehead atoms. The number of alkyl halides is 3. The van der Waals surface area contributed by atoms with Gasteiger partial charge in [0.25, 0.3) is 0 Å². The van der Waals surface area contributed by atoms with E-state index in [4.69, 9.17) is 9.47 Å². The van der Waals surface area contributed by atoms with Crippen molar-refractivity contribution in [2.45, 2.75) is 39.6 Å². The Kier molecular flexibility index (Phi) is 6.71. The Balaban J connectivity index is 1.57. The number of nitrogens with zero attached hydrogens (tertiary/aromatic N) is 3. The number of ether oxygens (including phenoxy) is 2. The molecule has 0 atom stereocenters. The number of imidazole rings is 1. The van der Waals surface area contributed by atoms with Gasteiger partial charge >= 0.3 is 6.18 Å². The molecule has 3 aromatic rings. The van der Waals surface area contributed by atoms with Crippen LogP contribution in [0.4, 0.5) is 13.2 Å². The second-order valence-electron chi connectivity index (χ2n) is 8.18. The fourth-order valence-corrected chi connectivity index (χ4v) is 4.02. The second-order valence-corrected chi connectivity index (χ2v) is 8.18. The van der Waals surface area contributed by atoms with Gasteiger partial charge in [-0.15, -0.1) is 0 Å². The van der Waals surface area contributed by atoms with Crippen molar-refractivity contribution in [1.82, 2.24) is 14.5 Å². The molecule has 0 saturated carbocycles. The summed E-state index contributed by atoms with van der Waals surface area (Å²) in [6, 6.07) is 9.60. The van der Waals surface area contributed by atoms with Crippen molar-refractivity contribution in [2.24, 2.45) is 0 Å². The average molecular weight is 448 g/mol. The summed E-state index contributed by atoms with van der Waals surface area (Å²) in [4.78, 5) is 6.87. The van der Waals surface area contributed by atoms with Crippen LogP contribution in [0.3, 0.4) is 0 Å². The van der Waals surface area contributed by atoms with Crippen molar-refractivity contribution in [3.63, 3.8) is 0 Å². The maximum Gasteiger partial charge on any atom is 0.416 e. The molecule has 0 spiro atoms. The highest BCUT2D eigenvalue weighted by Crippen LogP contribution is 2.32. The molecule has 172 valence electrons. The molecular weight excluding hydrogens is 419 g/mol. The number of fused-ring (bicyclic) bond motifs is 1. The number of aryl methyl sites for hydroxylation is 2. The summed E-state index contributed by atoms with van der Waals surface area (Å²) in [6.07, 6.45) is -3.54. The van der Waals surface area contributed by atoms with E-state index in [1.54, 1.807) is 0 Å². The topological polar surface area (TPSA) is 39.5 Å². The van der Waals surface area contributed by atoms with Crippen molar-refractivity contribution in [2.75, 3.05) is 32.8 Å². The number of hydrogen-bond acceptors (Lipinski definition) is 4. The van der Waals surface area contributed by atoms with E-state index in [0.717, 1.165) is 68.3 Å². The number of hydrogen-bond donors (Lipinski definition) is 0. The largest absolute Gasteiger partial charge is 0.485 e. The third kappa shape index (κ3) is 5.07. The highest BCUT2D eigenvalue weighted by Gasteiger charge is 2.31.